The van der Waals surface area contributed by atoms with Crippen LogP contribution in [0.5, 0.6) is 0 Å². The van der Waals surface area contributed by atoms with Gasteiger partial charge in [0.25, 0.3) is 0 Å². The van der Waals surface area contributed by atoms with Crippen molar-refractivity contribution in [2.45, 2.75) is 50.8 Å². The van der Waals surface area contributed by atoms with Gasteiger partial charge in [-0.15, -0.1) is 0 Å². The molecule has 0 aliphatic heterocycles. The minimum atomic E-state index is -0.904. The van der Waals surface area contributed by atoms with Crippen LogP contribution in [-0.2, 0) is 4.79 Å². The predicted octanol–water partition coefficient (Wildman–Crippen LogP) is 2.66. The van der Waals surface area contributed by atoms with E-state index in [1.165, 1.54) is 5.57 Å². The zero-order valence-corrected chi connectivity index (χ0v) is 11.7. The van der Waals surface area contributed by atoms with E-state index in [0.717, 1.165) is 19.3 Å². The number of carbonyl (C=O) groups is 1. The average Bonchev–Trinajstić information content (AvgIpc) is 2.27. The number of thioether (sulfide) groups is 1. The van der Waals surface area contributed by atoms with Crippen molar-refractivity contribution in [3.8, 4) is 0 Å². The van der Waals surface area contributed by atoms with Gasteiger partial charge in [0.1, 0.15) is 6.04 Å². The molecular weight excluding hydrogens is 234 g/mol. The lowest BCUT2D eigenvalue weighted by molar-refractivity contribution is -0.137. The van der Waals surface area contributed by atoms with Crippen LogP contribution in [0, 0.1) is 5.92 Å². The molecule has 0 heterocycles. The Labute approximate surface area is 108 Å². The monoisotopic (exact) mass is 257 g/mol. The van der Waals surface area contributed by atoms with Gasteiger partial charge in [0.05, 0.1) is 0 Å². The third-order valence-corrected chi connectivity index (χ3v) is 5.60. The molecule has 1 unspecified atom stereocenters. The molecule has 0 amide bonds. The van der Waals surface area contributed by atoms with Gasteiger partial charge < -0.3 is 10.8 Å². The van der Waals surface area contributed by atoms with Gasteiger partial charge in [-0.2, -0.15) is 11.8 Å². The first-order chi connectivity index (χ1) is 7.87. The second-order valence-corrected chi connectivity index (χ2v) is 6.66. The summed E-state index contributed by atoms with van der Waals surface area (Å²) >= 11 is 1.74. The van der Waals surface area contributed by atoms with Crippen LogP contribution in [0.15, 0.2) is 11.6 Å². The minimum absolute atomic E-state index is 0.173. The van der Waals surface area contributed by atoms with Crippen molar-refractivity contribution >= 4 is 17.7 Å². The highest BCUT2D eigenvalue weighted by Crippen LogP contribution is 2.44. The summed E-state index contributed by atoms with van der Waals surface area (Å²) in [5.74, 6) is 0.136. The van der Waals surface area contributed by atoms with Gasteiger partial charge in [0.2, 0.25) is 0 Å². The van der Waals surface area contributed by atoms with Crippen molar-refractivity contribution in [1.82, 2.24) is 0 Å². The van der Waals surface area contributed by atoms with Crippen LogP contribution in [0.3, 0.4) is 0 Å². The van der Waals surface area contributed by atoms with Crippen LogP contribution in [0.25, 0.3) is 0 Å². The van der Waals surface area contributed by atoms with Gasteiger partial charge in [-0.05, 0) is 32.1 Å². The smallest absolute Gasteiger partial charge is 0.321 e. The van der Waals surface area contributed by atoms with Crippen molar-refractivity contribution < 1.29 is 9.90 Å². The molecular formula is C13H23NO2S. The Kier molecular flexibility index (Phi) is 5.07. The zero-order valence-electron chi connectivity index (χ0n) is 10.9. The van der Waals surface area contributed by atoms with Crippen LogP contribution in [-0.4, -0.2) is 27.6 Å². The minimum Gasteiger partial charge on any atom is -0.480 e. The van der Waals surface area contributed by atoms with E-state index in [0.29, 0.717) is 11.7 Å². The Hall–Kier alpha value is -0.480. The summed E-state index contributed by atoms with van der Waals surface area (Å²) in [5.41, 5.74) is 7.03. The Balaban J connectivity index is 2.64. The van der Waals surface area contributed by atoms with Crippen molar-refractivity contribution in [2.24, 2.45) is 11.7 Å². The Morgan fingerprint density at radius 1 is 1.65 bits per heavy atom. The summed E-state index contributed by atoms with van der Waals surface area (Å²) < 4.78 is 0.173. The molecule has 1 rings (SSSR count). The molecule has 4 heteroatoms. The van der Waals surface area contributed by atoms with E-state index in [9.17, 15) is 4.79 Å². The number of aliphatic carboxylic acids is 1. The lowest BCUT2D eigenvalue weighted by atomic mass is 9.82. The van der Waals surface area contributed by atoms with Crippen LogP contribution in [0.1, 0.15) is 40.0 Å². The van der Waals surface area contributed by atoms with E-state index in [1.54, 1.807) is 11.8 Å². The summed E-state index contributed by atoms with van der Waals surface area (Å²) in [6.45, 7) is 6.60. The topological polar surface area (TPSA) is 63.3 Å². The van der Waals surface area contributed by atoms with E-state index in [-0.39, 0.29) is 4.75 Å². The highest BCUT2D eigenvalue weighted by molar-refractivity contribution is 8.00. The fourth-order valence-electron chi connectivity index (χ4n) is 2.11. The van der Waals surface area contributed by atoms with Gasteiger partial charge in [0.15, 0.2) is 0 Å². The molecule has 1 aliphatic carbocycles. The molecule has 0 aromatic carbocycles. The number of hydrogen-bond acceptors (Lipinski definition) is 3. The molecule has 0 radical (unpaired) electrons. The highest BCUT2D eigenvalue weighted by Gasteiger charge is 2.35. The van der Waals surface area contributed by atoms with Crippen molar-refractivity contribution in [3.63, 3.8) is 0 Å². The van der Waals surface area contributed by atoms with Crippen molar-refractivity contribution in [1.29, 1.82) is 0 Å². The molecule has 0 fully saturated rings. The van der Waals surface area contributed by atoms with Gasteiger partial charge in [-0.1, -0.05) is 25.5 Å². The average molecular weight is 257 g/mol. The molecule has 0 saturated heterocycles. The molecule has 98 valence electrons. The molecule has 3 N–H and O–H groups in total. The summed E-state index contributed by atoms with van der Waals surface area (Å²) in [4.78, 5) is 10.7. The predicted molar refractivity (Wildman–Crippen MR) is 73.2 cm³/mol. The number of nitrogens with two attached hydrogens (primary N) is 1. The summed E-state index contributed by atoms with van der Waals surface area (Å²) in [5, 5.41) is 8.83. The molecule has 1 aliphatic rings. The van der Waals surface area contributed by atoms with E-state index in [1.807, 2.05) is 0 Å². The summed E-state index contributed by atoms with van der Waals surface area (Å²) in [6.07, 6.45) is 5.58. The van der Waals surface area contributed by atoms with E-state index >= 15 is 0 Å². The number of rotatable bonds is 5. The van der Waals surface area contributed by atoms with Crippen LogP contribution < -0.4 is 5.73 Å². The molecule has 0 saturated carbocycles. The third-order valence-electron chi connectivity index (χ3n) is 3.66. The number of carboxylic acid groups (broad SMARTS) is 1. The summed E-state index contributed by atoms with van der Waals surface area (Å²) in [6, 6.07) is -0.748. The van der Waals surface area contributed by atoms with Gasteiger partial charge >= 0.3 is 5.97 Å². The van der Waals surface area contributed by atoms with Crippen molar-refractivity contribution in [3.05, 3.63) is 11.6 Å². The van der Waals surface area contributed by atoms with E-state index < -0.39 is 12.0 Å². The number of carboxylic acids is 1. The fourth-order valence-corrected chi connectivity index (χ4v) is 3.54. The van der Waals surface area contributed by atoms with Crippen LogP contribution in [0.2, 0.25) is 0 Å². The first-order valence-electron chi connectivity index (χ1n) is 6.15. The number of allylic oxidation sites excluding steroid dienone is 2. The van der Waals surface area contributed by atoms with Gasteiger partial charge in [-0.3, -0.25) is 4.79 Å². The molecule has 2 atom stereocenters. The summed E-state index contributed by atoms with van der Waals surface area (Å²) in [7, 11) is 0. The molecule has 17 heavy (non-hydrogen) atoms. The Morgan fingerprint density at radius 3 is 2.71 bits per heavy atom. The van der Waals surface area contributed by atoms with Crippen LogP contribution >= 0.6 is 11.8 Å². The molecule has 0 spiro atoms. The quantitative estimate of drug-likeness (QED) is 0.743. The SMILES string of the molecule is CC1=CCC(SC[C@H](N)C(=O)O)(C(C)C)CC1. The maximum absolute atomic E-state index is 10.7. The third kappa shape index (κ3) is 3.75. The fraction of sp³-hybridized carbons (Fsp3) is 0.769. The first kappa shape index (κ1) is 14.6. The second-order valence-electron chi connectivity index (χ2n) is 5.23. The number of hydrogen-bond donors (Lipinski definition) is 2. The van der Waals surface area contributed by atoms with Gasteiger partial charge in [0, 0.05) is 10.5 Å². The van der Waals surface area contributed by atoms with Gasteiger partial charge in [-0.25, -0.2) is 0 Å². The first-order valence-corrected chi connectivity index (χ1v) is 7.14. The Bertz CT molecular complexity index is 315. The molecule has 0 aromatic rings. The maximum Gasteiger partial charge on any atom is 0.321 e. The van der Waals surface area contributed by atoms with E-state index in [2.05, 4.69) is 26.8 Å². The standard InChI is InChI=1S/C13H23NO2S/c1-9(2)13(6-4-10(3)5-7-13)17-8-11(14)12(15)16/h4,9,11H,5-8,14H2,1-3H3,(H,15,16)/t11-,13?/m0/s1. The molecule has 0 bridgehead atoms. The maximum atomic E-state index is 10.7. The molecule has 3 nitrogen and oxygen atoms in total. The van der Waals surface area contributed by atoms with E-state index in [4.69, 9.17) is 10.8 Å². The lowest BCUT2D eigenvalue weighted by Gasteiger charge is -2.39. The Morgan fingerprint density at radius 2 is 2.29 bits per heavy atom. The lowest BCUT2D eigenvalue weighted by Crippen LogP contribution is -2.38. The zero-order chi connectivity index (χ0) is 13.1. The van der Waals surface area contributed by atoms with Crippen molar-refractivity contribution in [2.75, 3.05) is 5.75 Å². The molecule has 0 aromatic heterocycles. The normalized spacial score (nSPS) is 26.8. The largest absolute Gasteiger partial charge is 0.480 e. The van der Waals surface area contributed by atoms with Crippen LogP contribution in [0.4, 0.5) is 0 Å². The second kappa shape index (κ2) is 5.91. The highest BCUT2D eigenvalue weighted by atomic mass is 32.2.